The summed E-state index contributed by atoms with van der Waals surface area (Å²) in [6.07, 6.45) is 0. The van der Waals surface area contributed by atoms with E-state index in [4.69, 9.17) is 4.74 Å². The minimum Gasteiger partial charge on any atom is -0.484 e. The van der Waals surface area contributed by atoms with E-state index in [0.717, 1.165) is 21.8 Å². The maximum absolute atomic E-state index is 12.5. The fourth-order valence-electron chi connectivity index (χ4n) is 2.74. The lowest BCUT2D eigenvalue weighted by atomic mass is 10.2. The number of thiophene rings is 1. The van der Waals surface area contributed by atoms with Gasteiger partial charge in [0.05, 0.1) is 10.6 Å². The molecular formula is C22H19N3O2S. The zero-order chi connectivity index (χ0) is 19.3. The van der Waals surface area contributed by atoms with Crippen molar-refractivity contribution in [3.05, 3.63) is 83.7 Å². The van der Waals surface area contributed by atoms with Crippen molar-refractivity contribution in [1.29, 1.82) is 0 Å². The van der Waals surface area contributed by atoms with Crippen LogP contribution in [-0.4, -0.2) is 22.3 Å². The fraction of sp³-hybridized carbons (Fsp3) is 0.0909. The molecule has 4 aromatic rings. The Bertz CT molecular complexity index is 1060. The average Bonchev–Trinajstić information content (AvgIpc) is 3.38. The molecule has 28 heavy (non-hydrogen) atoms. The van der Waals surface area contributed by atoms with Crippen molar-refractivity contribution < 1.29 is 9.53 Å². The lowest BCUT2D eigenvalue weighted by Crippen LogP contribution is -2.21. The average molecular weight is 389 g/mol. The van der Waals surface area contributed by atoms with Crippen LogP contribution in [0.3, 0.4) is 0 Å². The van der Waals surface area contributed by atoms with Gasteiger partial charge >= 0.3 is 0 Å². The number of amides is 1. The van der Waals surface area contributed by atoms with Crippen LogP contribution in [0.2, 0.25) is 0 Å². The number of carbonyl (C=O) groups is 1. The van der Waals surface area contributed by atoms with E-state index in [-0.39, 0.29) is 12.5 Å². The van der Waals surface area contributed by atoms with Gasteiger partial charge in [0.25, 0.3) is 5.91 Å². The number of nitrogens with zero attached hydrogens (tertiary/aromatic N) is 2. The molecule has 0 aliphatic heterocycles. The molecule has 2 heterocycles. The normalized spacial score (nSPS) is 10.6. The lowest BCUT2D eigenvalue weighted by molar-refractivity contribution is -0.118. The van der Waals surface area contributed by atoms with Crippen LogP contribution in [0.1, 0.15) is 5.56 Å². The molecule has 140 valence electrons. The van der Waals surface area contributed by atoms with Crippen molar-refractivity contribution in [2.75, 3.05) is 11.9 Å². The molecular weight excluding hydrogens is 370 g/mol. The summed E-state index contributed by atoms with van der Waals surface area (Å²) in [4.78, 5) is 13.5. The van der Waals surface area contributed by atoms with Gasteiger partial charge in [-0.05, 0) is 42.6 Å². The maximum atomic E-state index is 12.5. The first-order chi connectivity index (χ1) is 13.7. The van der Waals surface area contributed by atoms with Crippen LogP contribution in [0.15, 0.2) is 78.2 Å². The highest BCUT2D eigenvalue weighted by Gasteiger charge is 2.14. The Morgan fingerprint density at radius 3 is 2.57 bits per heavy atom. The summed E-state index contributed by atoms with van der Waals surface area (Å²) in [5, 5.41) is 9.59. The minimum atomic E-state index is -0.240. The summed E-state index contributed by atoms with van der Waals surface area (Å²) < 4.78 is 7.31. The summed E-state index contributed by atoms with van der Waals surface area (Å²) >= 11 is 1.61. The minimum absolute atomic E-state index is 0.0721. The molecule has 1 N–H and O–H groups in total. The molecule has 5 nitrogen and oxygen atoms in total. The van der Waals surface area contributed by atoms with E-state index in [9.17, 15) is 4.79 Å². The van der Waals surface area contributed by atoms with Crippen molar-refractivity contribution in [3.63, 3.8) is 0 Å². The van der Waals surface area contributed by atoms with E-state index < -0.39 is 0 Å². The van der Waals surface area contributed by atoms with E-state index in [2.05, 4.69) is 10.4 Å². The van der Waals surface area contributed by atoms with Crippen LogP contribution in [0, 0.1) is 6.92 Å². The SMILES string of the molecule is Cc1ccc(OCC(=O)Nc2cc(-c3cccs3)nn2-c2ccccc2)cc1. The zero-order valence-corrected chi connectivity index (χ0v) is 16.1. The molecule has 6 heteroatoms. The maximum Gasteiger partial charge on any atom is 0.263 e. The molecule has 0 saturated carbocycles. The Morgan fingerprint density at radius 1 is 1.07 bits per heavy atom. The van der Waals surface area contributed by atoms with E-state index in [1.165, 1.54) is 0 Å². The Hall–Kier alpha value is -3.38. The largest absolute Gasteiger partial charge is 0.484 e. The number of aryl methyl sites for hydroxylation is 1. The van der Waals surface area contributed by atoms with Crippen LogP contribution in [-0.2, 0) is 4.79 Å². The molecule has 1 amide bonds. The van der Waals surface area contributed by atoms with Crippen LogP contribution in [0.5, 0.6) is 5.75 Å². The second kappa shape index (κ2) is 8.10. The molecule has 0 unspecified atom stereocenters. The van der Waals surface area contributed by atoms with E-state index in [0.29, 0.717) is 11.6 Å². The van der Waals surface area contributed by atoms with Gasteiger partial charge in [-0.15, -0.1) is 11.3 Å². The second-order valence-corrected chi connectivity index (χ2v) is 7.24. The Morgan fingerprint density at radius 2 is 1.86 bits per heavy atom. The number of benzene rings is 2. The standard InChI is InChI=1S/C22H19N3O2S/c1-16-9-11-18(12-10-16)27-15-22(26)23-21-14-19(20-8-5-13-28-20)24-25(21)17-6-3-2-4-7-17/h2-14H,15H2,1H3,(H,23,26). The van der Waals surface area contributed by atoms with Gasteiger partial charge in [-0.2, -0.15) is 5.10 Å². The number of rotatable bonds is 6. The smallest absolute Gasteiger partial charge is 0.263 e. The predicted octanol–water partition coefficient (Wildman–Crippen LogP) is 4.93. The van der Waals surface area contributed by atoms with Crippen molar-refractivity contribution >= 4 is 23.1 Å². The molecule has 0 radical (unpaired) electrons. The third-order valence-corrected chi connectivity index (χ3v) is 5.03. The predicted molar refractivity (Wildman–Crippen MR) is 112 cm³/mol. The zero-order valence-electron chi connectivity index (χ0n) is 15.3. The number of para-hydroxylation sites is 1. The topological polar surface area (TPSA) is 56.1 Å². The van der Waals surface area contributed by atoms with Crippen molar-refractivity contribution in [2.24, 2.45) is 0 Å². The molecule has 0 spiro atoms. The van der Waals surface area contributed by atoms with Gasteiger partial charge in [-0.25, -0.2) is 4.68 Å². The Balaban J connectivity index is 1.54. The number of aromatic nitrogens is 2. The van der Waals surface area contributed by atoms with Crippen LogP contribution < -0.4 is 10.1 Å². The van der Waals surface area contributed by atoms with Crippen LogP contribution in [0.4, 0.5) is 5.82 Å². The molecule has 2 aromatic heterocycles. The lowest BCUT2D eigenvalue weighted by Gasteiger charge is -2.10. The van der Waals surface area contributed by atoms with Crippen LogP contribution >= 0.6 is 11.3 Å². The quantitative estimate of drug-likeness (QED) is 0.509. The number of anilines is 1. The van der Waals surface area contributed by atoms with Gasteiger partial charge in [-0.3, -0.25) is 4.79 Å². The fourth-order valence-corrected chi connectivity index (χ4v) is 3.42. The first-order valence-electron chi connectivity index (χ1n) is 8.88. The number of nitrogens with one attached hydrogen (secondary N) is 1. The summed E-state index contributed by atoms with van der Waals surface area (Å²) in [5.74, 6) is 1.03. The number of ether oxygens (including phenoxy) is 1. The highest BCUT2D eigenvalue weighted by molar-refractivity contribution is 7.13. The van der Waals surface area contributed by atoms with Crippen molar-refractivity contribution in [2.45, 2.75) is 6.92 Å². The summed E-state index contributed by atoms with van der Waals surface area (Å²) in [5.41, 5.74) is 2.83. The number of hydrogen-bond donors (Lipinski definition) is 1. The molecule has 2 aromatic carbocycles. The van der Waals surface area contributed by atoms with E-state index >= 15 is 0 Å². The molecule has 0 fully saturated rings. The van der Waals surface area contributed by atoms with E-state index in [1.54, 1.807) is 16.0 Å². The third-order valence-electron chi connectivity index (χ3n) is 4.14. The summed E-state index contributed by atoms with van der Waals surface area (Å²) in [6.45, 7) is 1.93. The molecule has 0 aliphatic rings. The van der Waals surface area contributed by atoms with Gasteiger partial charge < -0.3 is 10.1 Å². The number of hydrogen-bond acceptors (Lipinski definition) is 4. The van der Waals surface area contributed by atoms with E-state index in [1.807, 2.05) is 85.1 Å². The van der Waals surface area contributed by atoms with Crippen molar-refractivity contribution in [3.8, 4) is 22.0 Å². The molecule has 0 aliphatic carbocycles. The molecule has 0 saturated heterocycles. The highest BCUT2D eigenvalue weighted by Crippen LogP contribution is 2.28. The number of carbonyl (C=O) groups excluding carboxylic acids is 1. The molecule has 4 rings (SSSR count). The van der Waals surface area contributed by atoms with Gasteiger partial charge in [0.15, 0.2) is 6.61 Å². The Labute approximate surface area is 167 Å². The summed E-state index contributed by atoms with van der Waals surface area (Å²) in [7, 11) is 0. The Kier molecular flexibility index (Phi) is 5.21. The van der Waals surface area contributed by atoms with Crippen LogP contribution in [0.25, 0.3) is 16.3 Å². The first kappa shape index (κ1) is 18.0. The van der Waals surface area contributed by atoms with Gasteiger partial charge in [0, 0.05) is 6.07 Å². The molecule has 0 atom stereocenters. The summed E-state index contributed by atoms with van der Waals surface area (Å²) in [6, 6.07) is 23.2. The first-order valence-corrected chi connectivity index (χ1v) is 9.76. The van der Waals surface area contributed by atoms with Gasteiger partial charge in [-0.1, -0.05) is 42.0 Å². The van der Waals surface area contributed by atoms with Crippen molar-refractivity contribution in [1.82, 2.24) is 9.78 Å². The van der Waals surface area contributed by atoms with Gasteiger partial charge in [0.2, 0.25) is 0 Å². The third kappa shape index (κ3) is 4.13. The molecule has 0 bridgehead atoms. The van der Waals surface area contributed by atoms with Gasteiger partial charge in [0.1, 0.15) is 17.3 Å². The second-order valence-electron chi connectivity index (χ2n) is 6.29. The highest BCUT2D eigenvalue weighted by atomic mass is 32.1. The monoisotopic (exact) mass is 389 g/mol.